The molecule has 0 amide bonds. The fraction of sp³-hybridized carbons (Fsp3) is 0.417. The van der Waals surface area contributed by atoms with Crippen LogP contribution < -0.4 is 4.90 Å². The van der Waals surface area contributed by atoms with E-state index in [4.69, 9.17) is 5.26 Å². The van der Waals surface area contributed by atoms with Gasteiger partial charge in [-0.25, -0.2) is 0 Å². The summed E-state index contributed by atoms with van der Waals surface area (Å²) < 4.78 is 0. The maximum Gasteiger partial charge on any atom is 0.292 e. The van der Waals surface area contributed by atoms with Gasteiger partial charge in [0.05, 0.1) is 16.9 Å². The van der Waals surface area contributed by atoms with Crippen molar-refractivity contribution in [2.24, 2.45) is 5.92 Å². The Kier molecular flexibility index (Phi) is 4.05. The van der Waals surface area contributed by atoms with Crippen LogP contribution in [-0.4, -0.2) is 18.5 Å². The average molecular weight is 233 g/mol. The molecule has 17 heavy (non-hydrogen) atoms. The molecule has 1 aromatic rings. The van der Waals surface area contributed by atoms with Gasteiger partial charge in [-0.2, -0.15) is 5.26 Å². The predicted octanol–water partition coefficient (Wildman–Crippen LogP) is 2.50. The van der Waals surface area contributed by atoms with Crippen LogP contribution in [0.15, 0.2) is 18.2 Å². The second-order valence-electron chi connectivity index (χ2n) is 4.16. The number of hydrogen-bond acceptors (Lipinski definition) is 4. The molecule has 0 heterocycles. The molecular formula is C12H15N3O2. The molecular weight excluding hydrogens is 218 g/mol. The minimum absolute atomic E-state index is 0.0811. The van der Waals surface area contributed by atoms with Crippen LogP contribution in [-0.2, 0) is 0 Å². The van der Waals surface area contributed by atoms with E-state index in [1.54, 1.807) is 31.0 Å². The summed E-state index contributed by atoms with van der Waals surface area (Å²) >= 11 is 0. The normalized spacial score (nSPS) is 11.6. The molecule has 0 radical (unpaired) electrons. The second kappa shape index (κ2) is 5.30. The number of aryl methyl sites for hydroxylation is 1. The van der Waals surface area contributed by atoms with Gasteiger partial charge in [-0.15, -0.1) is 0 Å². The molecule has 5 nitrogen and oxygen atoms in total. The Morgan fingerprint density at radius 2 is 2.24 bits per heavy atom. The molecule has 0 aliphatic carbocycles. The number of nitrogens with zero attached hydrogens (tertiary/aromatic N) is 3. The summed E-state index contributed by atoms with van der Waals surface area (Å²) in [5.74, 6) is -0.166. The van der Waals surface area contributed by atoms with Crippen LogP contribution in [0.3, 0.4) is 0 Å². The lowest BCUT2D eigenvalue weighted by molar-refractivity contribution is -0.384. The highest BCUT2D eigenvalue weighted by atomic mass is 16.6. The number of nitro groups is 1. The average Bonchev–Trinajstić information content (AvgIpc) is 2.28. The van der Waals surface area contributed by atoms with Gasteiger partial charge in [0.15, 0.2) is 0 Å². The Hall–Kier alpha value is -2.09. The monoisotopic (exact) mass is 233 g/mol. The third-order valence-corrected chi connectivity index (χ3v) is 2.51. The number of benzene rings is 1. The maximum absolute atomic E-state index is 10.9. The van der Waals surface area contributed by atoms with E-state index in [0.29, 0.717) is 12.2 Å². The standard InChI is InChI=1S/C12H15N3O2/c1-9-4-5-11(12(6-9)15(16)17)14(3)8-10(2)7-13/h4-6,10H,8H2,1-3H3. The highest BCUT2D eigenvalue weighted by Crippen LogP contribution is 2.28. The summed E-state index contributed by atoms with van der Waals surface area (Å²) in [5, 5.41) is 19.7. The third kappa shape index (κ3) is 3.18. The SMILES string of the molecule is Cc1ccc(N(C)CC(C)C#N)c([N+](=O)[O-])c1. The van der Waals surface area contributed by atoms with Crippen molar-refractivity contribution in [3.05, 3.63) is 33.9 Å². The lowest BCUT2D eigenvalue weighted by Crippen LogP contribution is -2.24. The maximum atomic E-state index is 10.9. The minimum atomic E-state index is -0.393. The lowest BCUT2D eigenvalue weighted by atomic mass is 10.1. The molecule has 1 unspecified atom stereocenters. The molecule has 0 saturated carbocycles. The van der Waals surface area contributed by atoms with Crippen molar-refractivity contribution in [1.82, 2.24) is 0 Å². The fourth-order valence-electron chi connectivity index (χ4n) is 1.65. The first-order valence-corrected chi connectivity index (χ1v) is 5.31. The Morgan fingerprint density at radius 3 is 2.76 bits per heavy atom. The van der Waals surface area contributed by atoms with Crippen LogP contribution in [0.25, 0.3) is 0 Å². The van der Waals surface area contributed by atoms with E-state index in [1.807, 2.05) is 13.0 Å². The van der Waals surface area contributed by atoms with E-state index in [0.717, 1.165) is 5.56 Å². The Bertz CT molecular complexity index is 465. The first-order chi connectivity index (χ1) is 7.95. The van der Waals surface area contributed by atoms with Crippen LogP contribution in [0.4, 0.5) is 11.4 Å². The van der Waals surface area contributed by atoms with Crippen LogP contribution in [0.5, 0.6) is 0 Å². The summed E-state index contributed by atoms with van der Waals surface area (Å²) in [4.78, 5) is 12.3. The predicted molar refractivity (Wildman–Crippen MR) is 65.9 cm³/mol. The van der Waals surface area contributed by atoms with Gasteiger partial charge in [-0.05, 0) is 25.5 Å². The highest BCUT2D eigenvalue weighted by molar-refractivity contribution is 5.63. The van der Waals surface area contributed by atoms with Crippen LogP contribution in [0, 0.1) is 34.3 Å². The first kappa shape index (κ1) is 13.0. The van der Waals surface area contributed by atoms with E-state index >= 15 is 0 Å². The lowest BCUT2D eigenvalue weighted by Gasteiger charge is -2.20. The molecule has 0 bridgehead atoms. The zero-order valence-corrected chi connectivity index (χ0v) is 10.2. The van der Waals surface area contributed by atoms with Crippen molar-refractivity contribution >= 4 is 11.4 Å². The summed E-state index contributed by atoms with van der Waals surface area (Å²) in [7, 11) is 1.76. The number of nitriles is 1. The largest absolute Gasteiger partial charge is 0.368 e. The summed E-state index contributed by atoms with van der Waals surface area (Å²) in [5.41, 5.74) is 1.47. The summed E-state index contributed by atoms with van der Waals surface area (Å²) in [6.45, 7) is 4.08. The Morgan fingerprint density at radius 1 is 1.59 bits per heavy atom. The molecule has 0 aliphatic heterocycles. The zero-order chi connectivity index (χ0) is 13.0. The molecule has 0 N–H and O–H groups in total. The summed E-state index contributed by atoms with van der Waals surface area (Å²) in [6.07, 6.45) is 0. The van der Waals surface area contributed by atoms with Crippen molar-refractivity contribution < 1.29 is 4.92 Å². The van der Waals surface area contributed by atoms with E-state index in [2.05, 4.69) is 6.07 Å². The number of nitro benzene ring substituents is 1. The molecule has 0 spiro atoms. The van der Waals surface area contributed by atoms with Crippen molar-refractivity contribution in [2.75, 3.05) is 18.5 Å². The number of anilines is 1. The Labute approximate surface area is 100 Å². The molecule has 0 saturated heterocycles. The molecule has 0 aromatic heterocycles. The summed E-state index contributed by atoms with van der Waals surface area (Å²) in [6, 6.07) is 7.21. The first-order valence-electron chi connectivity index (χ1n) is 5.31. The third-order valence-electron chi connectivity index (χ3n) is 2.51. The number of rotatable bonds is 4. The molecule has 90 valence electrons. The zero-order valence-electron chi connectivity index (χ0n) is 10.2. The highest BCUT2D eigenvalue weighted by Gasteiger charge is 2.18. The number of hydrogen-bond donors (Lipinski definition) is 0. The Balaban J connectivity index is 3.05. The molecule has 0 fully saturated rings. The fourth-order valence-corrected chi connectivity index (χ4v) is 1.65. The van der Waals surface area contributed by atoms with E-state index in [9.17, 15) is 10.1 Å². The van der Waals surface area contributed by atoms with Gasteiger partial charge in [0.1, 0.15) is 5.69 Å². The quantitative estimate of drug-likeness (QED) is 0.591. The van der Waals surface area contributed by atoms with Gasteiger partial charge in [0, 0.05) is 19.7 Å². The van der Waals surface area contributed by atoms with Gasteiger partial charge in [0.2, 0.25) is 0 Å². The van der Waals surface area contributed by atoms with Crippen molar-refractivity contribution in [3.63, 3.8) is 0 Å². The van der Waals surface area contributed by atoms with E-state index in [-0.39, 0.29) is 11.6 Å². The van der Waals surface area contributed by atoms with Crippen molar-refractivity contribution in [2.45, 2.75) is 13.8 Å². The molecule has 0 aliphatic rings. The van der Waals surface area contributed by atoms with Gasteiger partial charge in [-0.1, -0.05) is 6.07 Å². The molecule has 1 atom stereocenters. The van der Waals surface area contributed by atoms with Gasteiger partial charge >= 0.3 is 0 Å². The van der Waals surface area contributed by atoms with Crippen LogP contribution in [0.2, 0.25) is 0 Å². The van der Waals surface area contributed by atoms with Gasteiger partial charge in [-0.3, -0.25) is 10.1 Å². The molecule has 5 heteroatoms. The smallest absolute Gasteiger partial charge is 0.292 e. The van der Waals surface area contributed by atoms with Gasteiger partial charge < -0.3 is 4.90 Å². The van der Waals surface area contributed by atoms with Crippen LogP contribution >= 0.6 is 0 Å². The molecule has 1 aromatic carbocycles. The minimum Gasteiger partial charge on any atom is -0.368 e. The molecule has 1 rings (SSSR count). The van der Waals surface area contributed by atoms with Crippen molar-refractivity contribution in [3.8, 4) is 6.07 Å². The van der Waals surface area contributed by atoms with Crippen LogP contribution in [0.1, 0.15) is 12.5 Å². The second-order valence-corrected chi connectivity index (χ2v) is 4.16. The van der Waals surface area contributed by atoms with E-state index < -0.39 is 4.92 Å². The van der Waals surface area contributed by atoms with Crippen molar-refractivity contribution in [1.29, 1.82) is 5.26 Å². The van der Waals surface area contributed by atoms with E-state index in [1.165, 1.54) is 0 Å². The topological polar surface area (TPSA) is 70.2 Å². The van der Waals surface area contributed by atoms with Gasteiger partial charge in [0.25, 0.3) is 5.69 Å².